The zero-order valence-electron chi connectivity index (χ0n) is 9.56. The van der Waals surface area contributed by atoms with Crippen molar-refractivity contribution in [3.8, 4) is 0 Å². The van der Waals surface area contributed by atoms with Crippen LogP contribution in [0.2, 0.25) is 0 Å². The van der Waals surface area contributed by atoms with Crippen molar-refractivity contribution in [1.29, 1.82) is 0 Å². The fourth-order valence-electron chi connectivity index (χ4n) is 1.68. The second-order valence-electron chi connectivity index (χ2n) is 4.07. The summed E-state index contributed by atoms with van der Waals surface area (Å²) in [5.41, 5.74) is 0. The first-order valence-corrected chi connectivity index (χ1v) is 7.53. The summed E-state index contributed by atoms with van der Waals surface area (Å²) in [6, 6.07) is 0. The monoisotopic (exact) mass is 232 g/mol. The Bertz CT molecular complexity index is 196. The lowest BCUT2D eigenvalue weighted by molar-refractivity contribution is -0.124. The van der Waals surface area contributed by atoms with Crippen LogP contribution in [0.25, 0.3) is 0 Å². The highest BCUT2D eigenvalue weighted by molar-refractivity contribution is 7.50. The van der Waals surface area contributed by atoms with Gasteiger partial charge in [-0.05, 0) is 32.6 Å². The van der Waals surface area contributed by atoms with Crippen molar-refractivity contribution in [3.05, 3.63) is 12.7 Å². The SMILES string of the molecule is C=CCC1OC(COP(C)C)CCC1O. The van der Waals surface area contributed by atoms with Crippen molar-refractivity contribution < 1.29 is 14.4 Å². The Morgan fingerprint density at radius 3 is 2.87 bits per heavy atom. The number of ether oxygens (including phenoxy) is 1. The summed E-state index contributed by atoms with van der Waals surface area (Å²) in [5.74, 6) is 0. The number of rotatable bonds is 5. The molecule has 0 bridgehead atoms. The summed E-state index contributed by atoms with van der Waals surface area (Å²) in [6.07, 6.45) is 3.90. The van der Waals surface area contributed by atoms with Gasteiger partial charge >= 0.3 is 0 Å². The molecule has 0 radical (unpaired) electrons. The number of hydrogen-bond acceptors (Lipinski definition) is 3. The lowest BCUT2D eigenvalue weighted by Gasteiger charge is -2.33. The van der Waals surface area contributed by atoms with Crippen LogP contribution in [-0.2, 0) is 9.26 Å². The first-order valence-electron chi connectivity index (χ1n) is 5.38. The van der Waals surface area contributed by atoms with Crippen molar-refractivity contribution in [2.75, 3.05) is 19.9 Å². The number of hydrogen-bond donors (Lipinski definition) is 1. The Balaban J connectivity index is 2.32. The van der Waals surface area contributed by atoms with Gasteiger partial charge in [0.2, 0.25) is 0 Å². The van der Waals surface area contributed by atoms with Crippen LogP contribution in [0, 0.1) is 0 Å². The van der Waals surface area contributed by atoms with Crippen LogP contribution in [0.15, 0.2) is 12.7 Å². The molecule has 15 heavy (non-hydrogen) atoms. The third-order valence-electron chi connectivity index (χ3n) is 2.50. The van der Waals surface area contributed by atoms with Gasteiger partial charge in [-0.1, -0.05) is 6.08 Å². The lowest BCUT2D eigenvalue weighted by atomic mass is 9.99. The maximum absolute atomic E-state index is 9.69. The van der Waals surface area contributed by atoms with E-state index in [4.69, 9.17) is 9.26 Å². The molecule has 88 valence electrons. The van der Waals surface area contributed by atoms with E-state index in [-0.39, 0.29) is 26.5 Å². The van der Waals surface area contributed by atoms with Crippen molar-refractivity contribution >= 4 is 8.15 Å². The second kappa shape index (κ2) is 6.59. The molecule has 1 aliphatic rings. The molecule has 0 spiro atoms. The quantitative estimate of drug-likeness (QED) is 0.583. The molecule has 3 unspecified atom stereocenters. The Hall–Kier alpha value is 0.0500. The van der Waals surface area contributed by atoms with E-state index in [0.717, 1.165) is 12.8 Å². The predicted molar refractivity (Wildman–Crippen MR) is 63.4 cm³/mol. The average Bonchev–Trinajstić information content (AvgIpc) is 2.19. The van der Waals surface area contributed by atoms with Crippen LogP contribution >= 0.6 is 8.15 Å². The normalized spacial score (nSPS) is 31.9. The Labute approximate surface area is 93.3 Å². The van der Waals surface area contributed by atoms with Gasteiger partial charge < -0.3 is 14.4 Å². The highest BCUT2D eigenvalue weighted by Gasteiger charge is 2.29. The smallest absolute Gasteiger partial charge is 0.0873 e. The van der Waals surface area contributed by atoms with Gasteiger partial charge in [0.1, 0.15) is 0 Å². The molecule has 3 nitrogen and oxygen atoms in total. The Morgan fingerprint density at radius 1 is 1.53 bits per heavy atom. The van der Waals surface area contributed by atoms with E-state index in [2.05, 4.69) is 19.9 Å². The van der Waals surface area contributed by atoms with Gasteiger partial charge in [-0.15, -0.1) is 6.58 Å². The molecule has 0 saturated carbocycles. The van der Waals surface area contributed by atoms with Crippen LogP contribution < -0.4 is 0 Å². The van der Waals surface area contributed by atoms with E-state index in [9.17, 15) is 5.11 Å². The summed E-state index contributed by atoms with van der Waals surface area (Å²) in [5, 5.41) is 9.69. The molecule has 4 heteroatoms. The minimum absolute atomic E-state index is 0.0928. The molecule has 3 atom stereocenters. The van der Waals surface area contributed by atoms with E-state index in [0.29, 0.717) is 13.0 Å². The van der Waals surface area contributed by atoms with Gasteiger partial charge in [0.15, 0.2) is 0 Å². The summed E-state index contributed by atoms with van der Waals surface area (Å²) >= 11 is 0. The minimum Gasteiger partial charge on any atom is -0.390 e. The first kappa shape index (κ1) is 13.1. The minimum atomic E-state index is -0.344. The van der Waals surface area contributed by atoms with Crippen LogP contribution in [0.5, 0.6) is 0 Å². The fraction of sp³-hybridized carbons (Fsp3) is 0.818. The van der Waals surface area contributed by atoms with E-state index in [1.807, 2.05) is 0 Å². The van der Waals surface area contributed by atoms with Crippen LogP contribution in [0.1, 0.15) is 19.3 Å². The number of aliphatic hydroxyl groups is 1. The van der Waals surface area contributed by atoms with E-state index < -0.39 is 0 Å². The van der Waals surface area contributed by atoms with E-state index in [1.54, 1.807) is 6.08 Å². The Morgan fingerprint density at radius 2 is 2.27 bits per heavy atom. The van der Waals surface area contributed by atoms with Gasteiger partial charge in [0, 0.05) is 8.15 Å². The predicted octanol–water partition coefficient (Wildman–Crippen LogP) is 2.14. The zero-order chi connectivity index (χ0) is 11.3. The van der Waals surface area contributed by atoms with Crippen molar-refractivity contribution in [2.24, 2.45) is 0 Å². The molecule has 1 N–H and O–H groups in total. The van der Waals surface area contributed by atoms with E-state index >= 15 is 0 Å². The summed E-state index contributed by atoms with van der Waals surface area (Å²) < 4.78 is 11.3. The fourth-order valence-corrected chi connectivity index (χ4v) is 2.14. The average molecular weight is 232 g/mol. The largest absolute Gasteiger partial charge is 0.390 e. The second-order valence-corrected chi connectivity index (χ2v) is 5.96. The number of aliphatic hydroxyl groups excluding tert-OH is 1. The van der Waals surface area contributed by atoms with Crippen LogP contribution in [0.3, 0.4) is 0 Å². The topological polar surface area (TPSA) is 38.7 Å². The third-order valence-corrected chi connectivity index (χ3v) is 3.16. The molecule has 0 aromatic rings. The maximum Gasteiger partial charge on any atom is 0.0873 e. The van der Waals surface area contributed by atoms with E-state index in [1.165, 1.54) is 0 Å². The van der Waals surface area contributed by atoms with Gasteiger partial charge in [-0.25, -0.2) is 0 Å². The summed E-state index contributed by atoms with van der Waals surface area (Å²) in [4.78, 5) is 0. The highest BCUT2D eigenvalue weighted by Crippen LogP contribution is 2.29. The Kier molecular flexibility index (Phi) is 5.77. The third kappa shape index (κ3) is 4.60. The highest BCUT2D eigenvalue weighted by atomic mass is 31.1. The van der Waals surface area contributed by atoms with Gasteiger partial charge in [0.25, 0.3) is 0 Å². The maximum atomic E-state index is 9.69. The van der Waals surface area contributed by atoms with Gasteiger partial charge in [0.05, 0.1) is 24.9 Å². The van der Waals surface area contributed by atoms with Crippen LogP contribution in [0.4, 0.5) is 0 Å². The van der Waals surface area contributed by atoms with Crippen LogP contribution in [-0.4, -0.2) is 43.4 Å². The van der Waals surface area contributed by atoms with Crippen molar-refractivity contribution in [3.63, 3.8) is 0 Å². The standard InChI is InChI=1S/C11H21O3P/c1-4-5-11-10(12)7-6-9(14-11)8-13-15(2)3/h4,9-12H,1,5-8H2,2-3H3. The molecule has 1 aliphatic heterocycles. The molecular formula is C11H21O3P. The molecule has 0 aliphatic carbocycles. The molecule has 0 aromatic carbocycles. The van der Waals surface area contributed by atoms with Gasteiger partial charge in [-0.3, -0.25) is 0 Å². The van der Waals surface area contributed by atoms with Crippen molar-refractivity contribution in [2.45, 2.75) is 37.6 Å². The summed E-state index contributed by atoms with van der Waals surface area (Å²) in [7, 11) is -0.321. The molecule has 0 aromatic heterocycles. The first-order chi connectivity index (χ1) is 7.13. The molecule has 0 amide bonds. The molecule has 1 saturated heterocycles. The molecule has 1 rings (SSSR count). The molecule has 1 heterocycles. The lowest BCUT2D eigenvalue weighted by Crippen LogP contribution is -2.40. The summed E-state index contributed by atoms with van der Waals surface area (Å²) in [6.45, 7) is 8.48. The van der Waals surface area contributed by atoms with Crippen molar-refractivity contribution in [1.82, 2.24) is 0 Å². The molecular weight excluding hydrogens is 211 g/mol. The molecule has 1 fully saturated rings. The van der Waals surface area contributed by atoms with Gasteiger partial charge in [-0.2, -0.15) is 0 Å². The zero-order valence-corrected chi connectivity index (χ0v) is 10.5.